The highest BCUT2D eigenvalue weighted by molar-refractivity contribution is 9.10. The Bertz CT molecular complexity index is 679. The highest BCUT2D eigenvalue weighted by atomic mass is 79.9. The Hall–Kier alpha value is -0.780. The van der Waals surface area contributed by atoms with Crippen LogP contribution in [0.4, 0.5) is 0 Å². The van der Waals surface area contributed by atoms with Crippen molar-refractivity contribution >= 4 is 44.6 Å². The van der Waals surface area contributed by atoms with Crippen molar-refractivity contribution in [2.24, 2.45) is 7.05 Å². The van der Waals surface area contributed by atoms with Crippen molar-refractivity contribution < 1.29 is 0 Å². The van der Waals surface area contributed by atoms with Gasteiger partial charge in [-0.2, -0.15) is 5.10 Å². The van der Waals surface area contributed by atoms with E-state index >= 15 is 0 Å². The van der Waals surface area contributed by atoms with Gasteiger partial charge in [0.25, 0.3) is 0 Å². The van der Waals surface area contributed by atoms with E-state index in [1.807, 2.05) is 33.9 Å². The van der Waals surface area contributed by atoms with Gasteiger partial charge in [0, 0.05) is 16.4 Å². The Morgan fingerprint density at radius 1 is 1.37 bits per heavy atom. The maximum Gasteiger partial charge on any atom is 0.130 e. The summed E-state index contributed by atoms with van der Waals surface area (Å²) in [7, 11) is 1.83. The molecule has 19 heavy (non-hydrogen) atoms. The highest BCUT2D eigenvalue weighted by Crippen LogP contribution is 2.32. The van der Waals surface area contributed by atoms with Gasteiger partial charge in [-0.15, -0.1) is 0 Å². The molecule has 0 bridgehead atoms. The van der Waals surface area contributed by atoms with Crippen LogP contribution in [0.1, 0.15) is 23.9 Å². The lowest BCUT2D eigenvalue weighted by atomic mass is 10.1. The molecule has 0 saturated carbocycles. The minimum atomic E-state index is 0.562. The van der Waals surface area contributed by atoms with Gasteiger partial charge < -0.3 is 0 Å². The van der Waals surface area contributed by atoms with E-state index in [4.69, 9.17) is 23.8 Å². The second-order valence-electron chi connectivity index (χ2n) is 4.41. The Balaban J connectivity index is 2.70. The molecular formula is C13H13BrClN3S. The topological polar surface area (TPSA) is 30.7 Å². The summed E-state index contributed by atoms with van der Waals surface area (Å²) in [6, 6.07) is 2.02. The van der Waals surface area contributed by atoms with Crippen LogP contribution in [0.15, 0.2) is 10.5 Å². The van der Waals surface area contributed by atoms with E-state index in [0.717, 1.165) is 32.0 Å². The Morgan fingerprint density at radius 2 is 2.00 bits per heavy atom. The van der Waals surface area contributed by atoms with Crippen molar-refractivity contribution in [3.05, 3.63) is 32.5 Å². The zero-order valence-corrected chi connectivity index (χ0v) is 14.2. The standard InChI is InChI=1S/C13H13BrClN3S/c1-6-5-9(14)7(2)16-11(6)12-10(15)13(8(3)19)18(4)17-12/h5H,1-4H3. The summed E-state index contributed by atoms with van der Waals surface area (Å²) in [4.78, 5) is 5.29. The molecule has 0 N–H and O–H groups in total. The van der Waals surface area contributed by atoms with Gasteiger partial charge in [0.15, 0.2) is 0 Å². The van der Waals surface area contributed by atoms with Gasteiger partial charge in [-0.05, 0) is 48.3 Å². The number of rotatable bonds is 2. The molecule has 0 atom stereocenters. The molecule has 2 aromatic heterocycles. The molecule has 0 aliphatic heterocycles. The summed E-state index contributed by atoms with van der Waals surface area (Å²) in [5.74, 6) is 0. The van der Waals surface area contributed by atoms with Crippen molar-refractivity contribution in [3.63, 3.8) is 0 Å². The molecule has 2 rings (SSSR count). The van der Waals surface area contributed by atoms with Crippen molar-refractivity contribution in [1.29, 1.82) is 0 Å². The molecule has 0 saturated heterocycles. The van der Waals surface area contributed by atoms with E-state index in [0.29, 0.717) is 10.7 Å². The van der Waals surface area contributed by atoms with Crippen LogP contribution >= 0.6 is 39.7 Å². The Morgan fingerprint density at radius 3 is 2.53 bits per heavy atom. The molecule has 100 valence electrons. The molecule has 0 amide bonds. The van der Waals surface area contributed by atoms with Crippen LogP contribution in [0, 0.1) is 13.8 Å². The number of halogens is 2. The maximum atomic E-state index is 6.40. The molecule has 2 aromatic rings. The molecule has 0 aliphatic carbocycles. The number of hydrogen-bond acceptors (Lipinski definition) is 3. The van der Waals surface area contributed by atoms with Crippen molar-refractivity contribution in [2.45, 2.75) is 20.8 Å². The van der Waals surface area contributed by atoms with Gasteiger partial charge in [-0.25, -0.2) is 4.98 Å². The molecule has 0 unspecified atom stereocenters. The summed E-state index contributed by atoms with van der Waals surface area (Å²) < 4.78 is 2.69. The third kappa shape index (κ3) is 2.59. The number of hydrogen-bond donors (Lipinski definition) is 0. The second-order valence-corrected chi connectivity index (χ2v) is 6.26. The van der Waals surface area contributed by atoms with Crippen LogP contribution in [-0.4, -0.2) is 19.6 Å². The first-order chi connectivity index (χ1) is 8.82. The molecule has 0 fully saturated rings. The quantitative estimate of drug-likeness (QED) is 0.594. The van der Waals surface area contributed by atoms with Crippen LogP contribution in [0.3, 0.4) is 0 Å². The van der Waals surface area contributed by atoms with E-state index < -0.39 is 0 Å². The van der Waals surface area contributed by atoms with E-state index in [2.05, 4.69) is 26.0 Å². The van der Waals surface area contributed by atoms with Crippen molar-refractivity contribution in [2.75, 3.05) is 0 Å². The lowest BCUT2D eigenvalue weighted by molar-refractivity contribution is 0.762. The van der Waals surface area contributed by atoms with Crippen LogP contribution < -0.4 is 0 Å². The summed E-state index contributed by atoms with van der Waals surface area (Å²) in [5.41, 5.74) is 4.17. The Labute approximate surface area is 131 Å². The second kappa shape index (κ2) is 5.31. The van der Waals surface area contributed by atoms with E-state index in [9.17, 15) is 0 Å². The maximum absolute atomic E-state index is 6.40. The van der Waals surface area contributed by atoms with E-state index in [-0.39, 0.29) is 0 Å². The average Bonchev–Trinajstić information content (AvgIpc) is 2.59. The normalized spacial score (nSPS) is 10.8. The van der Waals surface area contributed by atoms with Gasteiger partial charge >= 0.3 is 0 Å². The van der Waals surface area contributed by atoms with E-state index in [1.54, 1.807) is 4.68 Å². The number of nitrogens with zero attached hydrogens (tertiary/aromatic N) is 3. The first-order valence-corrected chi connectivity index (χ1v) is 7.28. The third-order valence-electron chi connectivity index (χ3n) is 2.89. The van der Waals surface area contributed by atoms with Gasteiger partial charge in [0.1, 0.15) is 5.69 Å². The zero-order valence-electron chi connectivity index (χ0n) is 11.1. The fourth-order valence-electron chi connectivity index (χ4n) is 1.94. The summed E-state index contributed by atoms with van der Waals surface area (Å²) in [6.45, 7) is 5.77. The SMILES string of the molecule is CC(=S)c1c(Cl)c(-c2nc(C)c(Br)cc2C)nn1C. The first-order valence-electron chi connectivity index (χ1n) is 5.70. The van der Waals surface area contributed by atoms with E-state index in [1.165, 1.54) is 0 Å². The van der Waals surface area contributed by atoms with Gasteiger partial charge in [0.2, 0.25) is 0 Å². The monoisotopic (exact) mass is 357 g/mol. The largest absolute Gasteiger partial charge is 0.265 e. The lowest BCUT2D eigenvalue weighted by Crippen LogP contribution is -2.02. The van der Waals surface area contributed by atoms with Gasteiger partial charge in [-0.1, -0.05) is 23.8 Å². The molecule has 0 aliphatic rings. The average molecular weight is 359 g/mol. The smallest absolute Gasteiger partial charge is 0.130 e. The number of thiocarbonyl (C=S) groups is 1. The number of pyridine rings is 1. The highest BCUT2D eigenvalue weighted by Gasteiger charge is 2.20. The molecule has 2 heterocycles. The first kappa shape index (κ1) is 14.6. The van der Waals surface area contributed by atoms with Crippen molar-refractivity contribution in [3.8, 4) is 11.4 Å². The predicted octanol–water partition coefficient (Wildman–Crippen LogP) is 4.25. The number of aromatic nitrogens is 3. The molecule has 3 nitrogen and oxygen atoms in total. The Kier molecular flexibility index (Phi) is 4.08. The summed E-state index contributed by atoms with van der Waals surface area (Å²) >= 11 is 15.1. The molecule has 0 radical (unpaired) electrons. The number of aryl methyl sites for hydroxylation is 3. The van der Waals surface area contributed by atoms with Crippen LogP contribution in [0.5, 0.6) is 0 Å². The van der Waals surface area contributed by atoms with Gasteiger partial charge in [0.05, 0.1) is 22.1 Å². The summed E-state index contributed by atoms with van der Waals surface area (Å²) in [6.07, 6.45) is 0. The van der Waals surface area contributed by atoms with Crippen LogP contribution in [0.25, 0.3) is 11.4 Å². The minimum Gasteiger partial charge on any atom is -0.265 e. The third-order valence-corrected chi connectivity index (χ3v) is 4.24. The predicted molar refractivity (Wildman–Crippen MR) is 86.0 cm³/mol. The molecule has 0 aromatic carbocycles. The molecule has 6 heteroatoms. The lowest BCUT2D eigenvalue weighted by Gasteiger charge is -2.06. The summed E-state index contributed by atoms with van der Waals surface area (Å²) in [5, 5.41) is 5.02. The fourth-order valence-corrected chi connectivity index (χ4v) is 3.06. The van der Waals surface area contributed by atoms with Crippen LogP contribution in [-0.2, 0) is 7.05 Å². The molecule has 0 spiro atoms. The minimum absolute atomic E-state index is 0.562. The van der Waals surface area contributed by atoms with Crippen LogP contribution in [0.2, 0.25) is 5.02 Å². The van der Waals surface area contributed by atoms with Gasteiger partial charge in [-0.3, -0.25) is 4.68 Å². The van der Waals surface area contributed by atoms with Crippen molar-refractivity contribution in [1.82, 2.24) is 14.8 Å². The molecular weight excluding hydrogens is 346 g/mol. The fraction of sp³-hybridized carbons (Fsp3) is 0.308. The zero-order chi connectivity index (χ0) is 14.3.